The molecule has 0 heterocycles. The van der Waals surface area contributed by atoms with Crippen LogP contribution in [0.4, 0.5) is 0 Å². The molecular formula is C19H22O6. The maximum Gasteiger partial charge on any atom is 0.333 e. The fourth-order valence-corrected chi connectivity index (χ4v) is 2.23. The Morgan fingerprint density at radius 1 is 1.04 bits per heavy atom. The number of methoxy groups -OCH3 is 2. The number of carbonyl (C=O) groups excluding carboxylic acids is 1. The first-order valence-electron chi connectivity index (χ1n) is 7.75. The van der Waals surface area contributed by atoms with Gasteiger partial charge in [-0.3, -0.25) is 0 Å². The highest BCUT2D eigenvalue weighted by molar-refractivity contribution is 5.95. The molecule has 0 aliphatic rings. The van der Waals surface area contributed by atoms with Crippen LogP contribution in [0.1, 0.15) is 6.92 Å². The van der Waals surface area contributed by atoms with E-state index in [1.54, 1.807) is 27.2 Å². The Morgan fingerprint density at radius 3 is 2.40 bits per heavy atom. The van der Waals surface area contributed by atoms with Crippen molar-refractivity contribution in [1.82, 2.24) is 0 Å². The molecule has 2 aromatic rings. The van der Waals surface area contributed by atoms with Gasteiger partial charge >= 0.3 is 5.97 Å². The van der Waals surface area contributed by atoms with E-state index >= 15 is 0 Å². The lowest BCUT2D eigenvalue weighted by molar-refractivity contribution is -0.139. The van der Waals surface area contributed by atoms with Gasteiger partial charge in [-0.1, -0.05) is 30.8 Å². The van der Waals surface area contributed by atoms with Crippen molar-refractivity contribution >= 4 is 16.7 Å². The number of fused-ring (bicyclic) bond motifs is 1. The summed E-state index contributed by atoms with van der Waals surface area (Å²) < 4.78 is 26.9. The van der Waals surface area contributed by atoms with Crippen LogP contribution in [0.5, 0.6) is 17.2 Å². The summed E-state index contributed by atoms with van der Waals surface area (Å²) in [5.74, 6) is 1.28. The SMILES string of the molecule is C=C(C)C(=O)OCCOc1c(OC)cc(OCOC)c2ccccc12. The van der Waals surface area contributed by atoms with Crippen molar-refractivity contribution in [2.75, 3.05) is 34.2 Å². The molecule has 134 valence electrons. The summed E-state index contributed by atoms with van der Waals surface area (Å²) in [6.45, 7) is 5.57. The maximum atomic E-state index is 11.4. The van der Waals surface area contributed by atoms with Crippen molar-refractivity contribution in [3.63, 3.8) is 0 Å². The van der Waals surface area contributed by atoms with Crippen LogP contribution < -0.4 is 14.2 Å². The average molecular weight is 346 g/mol. The van der Waals surface area contributed by atoms with Crippen LogP contribution >= 0.6 is 0 Å². The molecule has 0 aromatic heterocycles. The van der Waals surface area contributed by atoms with Crippen LogP contribution in [0.15, 0.2) is 42.5 Å². The van der Waals surface area contributed by atoms with E-state index in [0.717, 1.165) is 10.8 Å². The van der Waals surface area contributed by atoms with Gasteiger partial charge in [0.15, 0.2) is 18.3 Å². The smallest absolute Gasteiger partial charge is 0.333 e. The number of rotatable bonds is 9. The second-order valence-electron chi connectivity index (χ2n) is 5.27. The van der Waals surface area contributed by atoms with E-state index in [-0.39, 0.29) is 20.0 Å². The largest absolute Gasteiger partial charge is 0.493 e. The quantitative estimate of drug-likeness (QED) is 0.300. The molecule has 25 heavy (non-hydrogen) atoms. The fourth-order valence-electron chi connectivity index (χ4n) is 2.23. The zero-order chi connectivity index (χ0) is 18.2. The van der Waals surface area contributed by atoms with Crippen LogP contribution in [0.2, 0.25) is 0 Å². The Balaban J connectivity index is 2.23. The predicted octanol–water partition coefficient (Wildman–Crippen LogP) is 3.33. The summed E-state index contributed by atoms with van der Waals surface area (Å²) in [5.41, 5.74) is 0.350. The minimum Gasteiger partial charge on any atom is -0.493 e. The Kier molecular flexibility index (Phi) is 6.65. The first-order chi connectivity index (χ1) is 12.1. The standard InChI is InChI=1S/C19H22O6/c1-13(2)19(20)24-10-9-23-18-15-8-6-5-7-14(15)16(25-12-21-3)11-17(18)22-4/h5-8,11H,1,9-10,12H2,2-4H3. The van der Waals surface area contributed by atoms with Crippen molar-refractivity contribution in [3.05, 3.63) is 42.5 Å². The van der Waals surface area contributed by atoms with Crippen LogP contribution in [0, 0.1) is 0 Å². The van der Waals surface area contributed by atoms with Crippen LogP contribution in [0.3, 0.4) is 0 Å². The molecule has 0 aliphatic carbocycles. The minimum atomic E-state index is -0.441. The average Bonchev–Trinajstić information content (AvgIpc) is 2.63. The van der Waals surface area contributed by atoms with E-state index in [2.05, 4.69) is 6.58 Å². The van der Waals surface area contributed by atoms with Gasteiger partial charge in [0.1, 0.15) is 19.0 Å². The van der Waals surface area contributed by atoms with E-state index < -0.39 is 5.97 Å². The number of hydrogen-bond acceptors (Lipinski definition) is 6. The summed E-state index contributed by atoms with van der Waals surface area (Å²) in [5, 5.41) is 1.70. The zero-order valence-electron chi connectivity index (χ0n) is 14.7. The second kappa shape index (κ2) is 8.94. The van der Waals surface area contributed by atoms with E-state index in [0.29, 0.717) is 22.8 Å². The van der Waals surface area contributed by atoms with E-state index in [4.69, 9.17) is 23.7 Å². The summed E-state index contributed by atoms with van der Waals surface area (Å²) >= 11 is 0. The molecule has 0 N–H and O–H groups in total. The summed E-state index contributed by atoms with van der Waals surface area (Å²) in [6.07, 6.45) is 0. The predicted molar refractivity (Wildman–Crippen MR) is 94.3 cm³/mol. The van der Waals surface area contributed by atoms with Crippen molar-refractivity contribution < 1.29 is 28.5 Å². The molecule has 0 bridgehead atoms. The van der Waals surface area contributed by atoms with Gasteiger partial charge in [0.2, 0.25) is 0 Å². The van der Waals surface area contributed by atoms with Crippen molar-refractivity contribution in [3.8, 4) is 17.2 Å². The van der Waals surface area contributed by atoms with Gasteiger partial charge in [-0.05, 0) is 6.92 Å². The van der Waals surface area contributed by atoms with Crippen molar-refractivity contribution in [2.45, 2.75) is 6.92 Å². The van der Waals surface area contributed by atoms with Gasteiger partial charge in [-0.25, -0.2) is 4.79 Å². The third kappa shape index (κ3) is 4.64. The molecule has 0 spiro atoms. The number of benzene rings is 2. The Bertz CT molecular complexity index is 753. The molecule has 0 radical (unpaired) electrons. The second-order valence-corrected chi connectivity index (χ2v) is 5.27. The maximum absolute atomic E-state index is 11.4. The molecule has 0 atom stereocenters. The zero-order valence-corrected chi connectivity index (χ0v) is 14.7. The Labute approximate surface area is 146 Å². The van der Waals surface area contributed by atoms with Crippen molar-refractivity contribution in [1.29, 1.82) is 0 Å². The summed E-state index contributed by atoms with van der Waals surface area (Å²) in [4.78, 5) is 11.4. The Hall–Kier alpha value is -2.73. The van der Waals surface area contributed by atoms with Gasteiger partial charge < -0.3 is 23.7 Å². The minimum absolute atomic E-state index is 0.116. The molecule has 0 fully saturated rings. The number of hydrogen-bond donors (Lipinski definition) is 0. The molecule has 6 heteroatoms. The first kappa shape index (κ1) is 18.6. The lowest BCUT2D eigenvalue weighted by atomic mass is 10.1. The van der Waals surface area contributed by atoms with Crippen LogP contribution in [-0.4, -0.2) is 40.2 Å². The highest BCUT2D eigenvalue weighted by Gasteiger charge is 2.15. The molecule has 0 aliphatic heterocycles. The number of carbonyl (C=O) groups is 1. The van der Waals surface area contributed by atoms with E-state index in [9.17, 15) is 4.79 Å². The number of ether oxygens (including phenoxy) is 5. The third-order valence-corrected chi connectivity index (χ3v) is 3.39. The highest BCUT2D eigenvalue weighted by Crippen LogP contribution is 2.41. The number of esters is 1. The normalized spacial score (nSPS) is 10.4. The Morgan fingerprint density at radius 2 is 1.76 bits per heavy atom. The van der Waals surface area contributed by atoms with Gasteiger partial charge in [0, 0.05) is 29.5 Å². The lowest BCUT2D eigenvalue weighted by Gasteiger charge is -2.16. The molecule has 0 unspecified atom stereocenters. The molecule has 6 nitrogen and oxygen atoms in total. The van der Waals surface area contributed by atoms with Crippen LogP contribution in [-0.2, 0) is 14.3 Å². The first-order valence-corrected chi connectivity index (χ1v) is 7.75. The van der Waals surface area contributed by atoms with Gasteiger partial charge in [0.05, 0.1) is 7.11 Å². The molecule has 0 amide bonds. The van der Waals surface area contributed by atoms with Crippen LogP contribution in [0.25, 0.3) is 10.8 Å². The van der Waals surface area contributed by atoms with E-state index in [1.165, 1.54) is 0 Å². The van der Waals surface area contributed by atoms with Gasteiger partial charge in [-0.2, -0.15) is 0 Å². The summed E-state index contributed by atoms with van der Waals surface area (Å²) in [6, 6.07) is 9.39. The monoisotopic (exact) mass is 346 g/mol. The summed E-state index contributed by atoms with van der Waals surface area (Å²) in [7, 11) is 3.11. The van der Waals surface area contributed by atoms with Crippen molar-refractivity contribution in [2.24, 2.45) is 0 Å². The fraction of sp³-hybridized carbons (Fsp3) is 0.316. The lowest BCUT2D eigenvalue weighted by Crippen LogP contribution is -2.13. The van der Waals surface area contributed by atoms with Gasteiger partial charge in [-0.15, -0.1) is 0 Å². The molecule has 2 rings (SSSR count). The molecule has 0 saturated heterocycles. The molecular weight excluding hydrogens is 324 g/mol. The third-order valence-electron chi connectivity index (χ3n) is 3.39. The highest BCUT2D eigenvalue weighted by atomic mass is 16.7. The van der Waals surface area contributed by atoms with Gasteiger partial charge in [0.25, 0.3) is 0 Å². The topological polar surface area (TPSA) is 63.2 Å². The van der Waals surface area contributed by atoms with E-state index in [1.807, 2.05) is 24.3 Å². The molecule has 0 saturated carbocycles. The molecule has 2 aromatic carbocycles.